The number of alkyl halides is 3. The summed E-state index contributed by atoms with van der Waals surface area (Å²) in [5.74, 6) is -0.538. The first-order valence-corrected chi connectivity index (χ1v) is 9.53. The number of likely N-dealkylation sites (N-methyl/N-ethyl adjacent to an activating group) is 1. The number of fused-ring (bicyclic) bond motifs is 1. The molecule has 2 aromatic heterocycles. The molecule has 0 unspecified atom stereocenters. The van der Waals surface area contributed by atoms with E-state index in [9.17, 15) is 22.8 Å². The van der Waals surface area contributed by atoms with Gasteiger partial charge in [0.15, 0.2) is 0 Å². The molecule has 8 nitrogen and oxygen atoms in total. The van der Waals surface area contributed by atoms with Crippen LogP contribution in [0.2, 0.25) is 0 Å². The van der Waals surface area contributed by atoms with Gasteiger partial charge in [-0.15, -0.1) is 10.2 Å². The number of rotatable bonds is 4. The van der Waals surface area contributed by atoms with Crippen LogP contribution in [-0.4, -0.2) is 44.7 Å². The molecule has 2 N–H and O–H groups in total. The minimum atomic E-state index is -4.50. The number of halogens is 3. The Kier molecular flexibility index (Phi) is 5.25. The number of anilines is 1. The Bertz CT molecular complexity index is 1110. The van der Waals surface area contributed by atoms with E-state index in [1.807, 2.05) is 30.3 Å². The van der Waals surface area contributed by atoms with E-state index in [1.54, 1.807) is 0 Å². The summed E-state index contributed by atoms with van der Waals surface area (Å²) in [4.78, 5) is 29.3. The number of aromatic amines is 1. The fourth-order valence-electron chi connectivity index (χ4n) is 3.48. The van der Waals surface area contributed by atoms with E-state index in [0.29, 0.717) is 12.2 Å². The van der Waals surface area contributed by atoms with Crippen molar-refractivity contribution in [1.29, 1.82) is 0 Å². The first-order chi connectivity index (χ1) is 14.7. The number of amides is 2. The van der Waals surface area contributed by atoms with Crippen LogP contribution in [0.4, 0.5) is 19.0 Å². The zero-order valence-electron chi connectivity index (χ0n) is 16.5. The lowest BCUT2D eigenvalue weighted by Crippen LogP contribution is -2.47. The van der Waals surface area contributed by atoms with Gasteiger partial charge in [0.25, 0.3) is 5.91 Å². The Morgan fingerprint density at radius 2 is 2.00 bits per heavy atom. The lowest BCUT2D eigenvalue weighted by atomic mass is 10.1. The number of aryl methyl sites for hydroxylation is 1. The van der Waals surface area contributed by atoms with Gasteiger partial charge in [0.1, 0.15) is 17.7 Å². The summed E-state index contributed by atoms with van der Waals surface area (Å²) < 4.78 is 40.3. The average molecular weight is 432 g/mol. The maximum Gasteiger partial charge on any atom is 0.417 e. The van der Waals surface area contributed by atoms with Gasteiger partial charge in [0, 0.05) is 26.2 Å². The largest absolute Gasteiger partial charge is 0.417 e. The second-order valence-corrected chi connectivity index (χ2v) is 7.27. The van der Waals surface area contributed by atoms with E-state index in [2.05, 4.69) is 20.5 Å². The molecule has 0 aliphatic carbocycles. The van der Waals surface area contributed by atoms with Crippen LogP contribution in [0.1, 0.15) is 34.0 Å². The lowest BCUT2D eigenvalue weighted by Gasteiger charge is -2.20. The van der Waals surface area contributed by atoms with Crippen molar-refractivity contribution in [3.63, 3.8) is 0 Å². The maximum atomic E-state index is 13.0. The highest BCUT2D eigenvalue weighted by Crippen LogP contribution is 2.34. The van der Waals surface area contributed by atoms with Crippen molar-refractivity contribution < 1.29 is 22.8 Å². The minimum Gasteiger partial charge on any atom is -0.337 e. The zero-order valence-corrected chi connectivity index (χ0v) is 16.5. The number of carbonyl (C=O) groups is 2. The Morgan fingerprint density at radius 1 is 1.26 bits per heavy atom. The third kappa shape index (κ3) is 4.30. The van der Waals surface area contributed by atoms with Gasteiger partial charge < -0.3 is 14.9 Å². The van der Waals surface area contributed by atoms with E-state index >= 15 is 0 Å². The van der Waals surface area contributed by atoms with Crippen molar-refractivity contribution in [2.45, 2.75) is 31.6 Å². The second kappa shape index (κ2) is 7.89. The van der Waals surface area contributed by atoms with Crippen molar-refractivity contribution >= 4 is 17.6 Å². The van der Waals surface area contributed by atoms with E-state index in [1.165, 1.54) is 11.6 Å². The van der Waals surface area contributed by atoms with Crippen LogP contribution in [-0.2, 0) is 23.9 Å². The van der Waals surface area contributed by atoms with Crippen LogP contribution in [0.15, 0.2) is 42.6 Å². The molecule has 4 rings (SSSR count). The lowest BCUT2D eigenvalue weighted by molar-refractivity contribution is -0.137. The molecule has 0 saturated heterocycles. The van der Waals surface area contributed by atoms with E-state index < -0.39 is 29.6 Å². The fraction of sp³-hybridized carbons (Fsp3) is 0.300. The molecule has 0 spiro atoms. The smallest absolute Gasteiger partial charge is 0.337 e. The van der Waals surface area contributed by atoms with Crippen molar-refractivity contribution in [3.8, 4) is 0 Å². The van der Waals surface area contributed by atoms with Crippen molar-refractivity contribution in [3.05, 3.63) is 65.4 Å². The molecule has 31 heavy (non-hydrogen) atoms. The van der Waals surface area contributed by atoms with E-state index in [0.717, 1.165) is 22.7 Å². The fourth-order valence-corrected chi connectivity index (χ4v) is 3.48. The second-order valence-electron chi connectivity index (χ2n) is 7.27. The SMILES string of the molecule is CN1C(=O)[C@@H](NC(=O)c2nnc(Cc3ccccc3)[nH]2)CCn2cc(C(F)(F)F)cc21. The number of hydrogen-bond donors (Lipinski definition) is 2. The van der Waals surface area contributed by atoms with Crippen molar-refractivity contribution in [1.82, 2.24) is 25.1 Å². The molecular weight excluding hydrogens is 413 g/mol. The molecule has 3 aromatic rings. The van der Waals surface area contributed by atoms with Crippen LogP contribution in [0.5, 0.6) is 0 Å². The Labute approximate surface area is 175 Å². The molecule has 1 aliphatic heterocycles. The highest BCUT2D eigenvalue weighted by molar-refractivity contribution is 6.00. The predicted molar refractivity (Wildman–Crippen MR) is 104 cm³/mol. The summed E-state index contributed by atoms with van der Waals surface area (Å²) in [5.41, 5.74) is 0.170. The maximum absolute atomic E-state index is 13.0. The number of carbonyl (C=O) groups excluding carboxylic acids is 2. The number of benzene rings is 1. The normalized spacial score (nSPS) is 16.7. The first kappa shape index (κ1) is 20.6. The molecule has 0 bridgehead atoms. The number of nitrogens with zero attached hydrogens (tertiary/aromatic N) is 4. The minimum absolute atomic E-state index is 0.0374. The monoisotopic (exact) mass is 432 g/mol. The van der Waals surface area contributed by atoms with Crippen molar-refractivity contribution in [2.75, 3.05) is 11.9 Å². The molecule has 1 aromatic carbocycles. The van der Waals surface area contributed by atoms with Crippen LogP contribution in [0.3, 0.4) is 0 Å². The summed E-state index contributed by atoms with van der Waals surface area (Å²) in [6.07, 6.45) is -2.93. The van der Waals surface area contributed by atoms with Gasteiger partial charge in [-0.05, 0) is 18.1 Å². The molecule has 162 valence electrons. The third-order valence-corrected chi connectivity index (χ3v) is 5.10. The highest BCUT2D eigenvalue weighted by Gasteiger charge is 2.36. The van der Waals surface area contributed by atoms with Gasteiger partial charge in [0.05, 0.1) is 5.56 Å². The Morgan fingerprint density at radius 3 is 2.71 bits per heavy atom. The standard InChI is InChI=1S/C20H19F3N6O2/c1-28-16-10-13(20(21,22)23)11-29(16)8-7-14(19(28)31)24-18(30)17-25-15(26-27-17)9-12-5-3-2-4-6-12/h2-6,10-11,14H,7-9H2,1H3,(H,24,30)(H,25,26,27)/t14-/m0/s1. The number of H-pyrrole nitrogens is 1. The van der Waals surface area contributed by atoms with Crippen LogP contribution < -0.4 is 10.2 Å². The molecule has 2 amide bonds. The molecule has 0 radical (unpaired) electrons. The van der Waals surface area contributed by atoms with Gasteiger partial charge >= 0.3 is 6.18 Å². The predicted octanol–water partition coefficient (Wildman–Crippen LogP) is 2.38. The Hall–Kier alpha value is -3.63. The van der Waals surface area contributed by atoms with Gasteiger partial charge in [-0.25, -0.2) is 0 Å². The van der Waals surface area contributed by atoms with Gasteiger partial charge in [-0.1, -0.05) is 30.3 Å². The molecule has 1 aliphatic rings. The molecule has 11 heteroatoms. The van der Waals surface area contributed by atoms with E-state index in [-0.39, 0.29) is 24.6 Å². The summed E-state index contributed by atoms with van der Waals surface area (Å²) in [5, 5.41) is 10.4. The summed E-state index contributed by atoms with van der Waals surface area (Å²) >= 11 is 0. The number of hydrogen-bond acceptors (Lipinski definition) is 4. The number of aromatic nitrogens is 4. The summed E-state index contributed by atoms with van der Waals surface area (Å²) in [6.45, 7) is 0.141. The van der Waals surface area contributed by atoms with Crippen LogP contribution in [0, 0.1) is 0 Å². The molecule has 3 heterocycles. The highest BCUT2D eigenvalue weighted by atomic mass is 19.4. The van der Waals surface area contributed by atoms with Crippen LogP contribution in [0.25, 0.3) is 0 Å². The number of nitrogens with one attached hydrogen (secondary N) is 2. The zero-order chi connectivity index (χ0) is 22.2. The third-order valence-electron chi connectivity index (χ3n) is 5.10. The molecule has 0 saturated carbocycles. The van der Waals surface area contributed by atoms with Crippen LogP contribution >= 0.6 is 0 Å². The van der Waals surface area contributed by atoms with Gasteiger partial charge in [-0.2, -0.15) is 13.2 Å². The van der Waals surface area contributed by atoms with Gasteiger partial charge in [-0.3, -0.25) is 14.5 Å². The molecule has 0 fully saturated rings. The van der Waals surface area contributed by atoms with Crippen molar-refractivity contribution in [2.24, 2.45) is 0 Å². The Balaban J connectivity index is 1.44. The molecular formula is C20H19F3N6O2. The van der Waals surface area contributed by atoms with E-state index in [4.69, 9.17) is 0 Å². The summed E-state index contributed by atoms with van der Waals surface area (Å²) in [6, 6.07) is 9.53. The summed E-state index contributed by atoms with van der Waals surface area (Å²) in [7, 11) is 1.38. The van der Waals surface area contributed by atoms with Gasteiger partial charge in [0.2, 0.25) is 11.7 Å². The first-order valence-electron chi connectivity index (χ1n) is 9.53. The molecule has 1 atom stereocenters. The average Bonchev–Trinajstić information content (AvgIpc) is 3.35. The topological polar surface area (TPSA) is 95.9 Å². The quantitative estimate of drug-likeness (QED) is 0.662.